The summed E-state index contributed by atoms with van der Waals surface area (Å²) in [5.74, 6) is 2.22. The lowest BCUT2D eigenvalue weighted by Crippen LogP contribution is -2.21. The maximum absolute atomic E-state index is 10.8. The zero-order valence-corrected chi connectivity index (χ0v) is 10.9. The molecule has 16 heavy (non-hydrogen) atoms. The SMILES string of the molecule is CC(C)CCCC1CCC(CC(N)=O)CC1. The summed E-state index contributed by atoms with van der Waals surface area (Å²) in [5.41, 5.74) is 5.23. The molecule has 0 aromatic rings. The first kappa shape index (κ1) is 13.5. The van der Waals surface area contributed by atoms with Crippen molar-refractivity contribution in [2.75, 3.05) is 0 Å². The van der Waals surface area contributed by atoms with Gasteiger partial charge >= 0.3 is 0 Å². The fourth-order valence-electron chi connectivity index (χ4n) is 2.82. The molecule has 0 radical (unpaired) electrons. The average molecular weight is 225 g/mol. The molecule has 2 N–H and O–H groups in total. The summed E-state index contributed by atoms with van der Waals surface area (Å²) in [4.78, 5) is 10.8. The van der Waals surface area contributed by atoms with Gasteiger partial charge in [-0.05, 0) is 30.6 Å². The molecule has 0 aliphatic heterocycles. The number of carbonyl (C=O) groups is 1. The van der Waals surface area contributed by atoms with E-state index in [1.165, 1.54) is 44.9 Å². The van der Waals surface area contributed by atoms with Crippen LogP contribution >= 0.6 is 0 Å². The van der Waals surface area contributed by atoms with E-state index >= 15 is 0 Å². The monoisotopic (exact) mass is 225 g/mol. The molecule has 1 rings (SSSR count). The van der Waals surface area contributed by atoms with Gasteiger partial charge in [0.1, 0.15) is 0 Å². The van der Waals surface area contributed by atoms with Crippen molar-refractivity contribution in [3.63, 3.8) is 0 Å². The minimum Gasteiger partial charge on any atom is -0.370 e. The van der Waals surface area contributed by atoms with E-state index in [1.54, 1.807) is 0 Å². The highest BCUT2D eigenvalue weighted by Crippen LogP contribution is 2.33. The van der Waals surface area contributed by atoms with E-state index in [-0.39, 0.29) is 5.91 Å². The van der Waals surface area contributed by atoms with Gasteiger partial charge in [-0.25, -0.2) is 0 Å². The van der Waals surface area contributed by atoms with Crippen LogP contribution in [0.2, 0.25) is 0 Å². The van der Waals surface area contributed by atoms with Gasteiger partial charge in [-0.2, -0.15) is 0 Å². The Morgan fingerprint density at radius 1 is 1.19 bits per heavy atom. The van der Waals surface area contributed by atoms with E-state index in [0.717, 1.165) is 11.8 Å². The van der Waals surface area contributed by atoms with Crippen molar-refractivity contribution in [2.24, 2.45) is 23.5 Å². The molecule has 0 spiro atoms. The molecule has 0 bridgehead atoms. The smallest absolute Gasteiger partial charge is 0.217 e. The third-order valence-electron chi connectivity index (χ3n) is 3.85. The normalized spacial score (nSPS) is 25.9. The van der Waals surface area contributed by atoms with E-state index < -0.39 is 0 Å². The Bertz CT molecular complexity index is 205. The number of hydrogen-bond acceptors (Lipinski definition) is 1. The van der Waals surface area contributed by atoms with Crippen molar-refractivity contribution in [1.29, 1.82) is 0 Å². The van der Waals surface area contributed by atoms with Crippen LogP contribution in [-0.2, 0) is 4.79 Å². The second-order valence-corrected chi connectivity index (χ2v) is 5.88. The zero-order chi connectivity index (χ0) is 12.0. The fraction of sp³-hybridized carbons (Fsp3) is 0.929. The molecular formula is C14H27NO. The molecular weight excluding hydrogens is 198 g/mol. The van der Waals surface area contributed by atoms with E-state index in [9.17, 15) is 4.79 Å². The van der Waals surface area contributed by atoms with E-state index in [0.29, 0.717) is 12.3 Å². The highest BCUT2D eigenvalue weighted by molar-refractivity contribution is 5.73. The molecule has 2 heteroatoms. The quantitative estimate of drug-likeness (QED) is 0.738. The van der Waals surface area contributed by atoms with Crippen LogP contribution in [0.4, 0.5) is 0 Å². The van der Waals surface area contributed by atoms with Crippen molar-refractivity contribution in [3.8, 4) is 0 Å². The van der Waals surface area contributed by atoms with Crippen molar-refractivity contribution >= 4 is 5.91 Å². The van der Waals surface area contributed by atoms with E-state index in [1.807, 2.05) is 0 Å². The molecule has 1 saturated carbocycles. The summed E-state index contributed by atoms with van der Waals surface area (Å²) >= 11 is 0. The molecule has 2 nitrogen and oxygen atoms in total. The van der Waals surface area contributed by atoms with Crippen LogP contribution < -0.4 is 5.73 Å². The van der Waals surface area contributed by atoms with Gasteiger partial charge in [-0.3, -0.25) is 4.79 Å². The second-order valence-electron chi connectivity index (χ2n) is 5.88. The maximum atomic E-state index is 10.8. The van der Waals surface area contributed by atoms with Crippen LogP contribution in [0.3, 0.4) is 0 Å². The molecule has 94 valence electrons. The van der Waals surface area contributed by atoms with Crippen LogP contribution in [0.25, 0.3) is 0 Å². The Labute approximate surface area is 100.0 Å². The minimum absolute atomic E-state index is 0.122. The summed E-state index contributed by atoms with van der Waals surface area (Å²) < 4.78 is 0. The van der Waals surface area contributed by atoms with Crippen molar-refractivity contribution in [3.05, 3.63) is 0 Å². The predicted molar refractivity (Wildman–Crippen MR) is 67.9 cm³/mol. The van der Waals surface area contributed by atoms with Gasteiger partial charge in [0, 0.05) is 6.42 Å². The molecule has 0 aromatic heterocycles. The number of hydrogen-bond donors (Lipinski definition) is 1. The number of primary amides is 1. The van der Waals surface area contributed by atoms with Crippen LogP contribution in [0.1, 0.15) is 65.2 Å². The van der Waals surface area contributed by atoms with Crippen LogP contribution in [0.5, 0.6) is 0 Å². The molecule has 1 fully saturated rings. The first-order valence-corrected chi connectivity index (χ1v) is 6.86. The van der Waals surface area contributed by atoms with Gasteiger partial charge in [-0.15, -0.1) is 0 Å². The minimum atomic E-state index is -0.122. The van der Waals surface area contributed by atoms with Gasteiger partial charge in [0.05, 0.1) is 0 Å². The molecule has 1 aliphatic rings. The van der Waals surface area contributed by atoms with Crippen LogP contribution in [-0.4, -0.2) is 5.91 Å². The Hall–Kier alpha value is -0.530. The summed E-state index contributed by atoms with van der Waals surface area (Å²) in [6, 6.07) is 0. The number of amides is 1. The first-order valence-electron chi connectivity index (χ1n) is 6.86. The standard InChI is InChI=1S/C14H27NO/c1-11(2)4-3-5-12-6-8-13(9-7-12)10-14(15)16/h11-13H,3-10H2,1-2H3,(H2,15,16). The van der Waals surface area contributed by atoms with E-state index in [4.69, 9.17) is 5.73 Å². The fourth-order valence-corrected chi connectivity index (χ4v) is 2.82. The van der Waals surface area contributed by atoms with Crippen LogP contribution in [0.15, 0.2) is 0 Å². The maximum Gasteiger partial charge on any atom is 0.217 e. The molecule has 0 aromatic carbocycles. The number of nitrogens with two attached hydrogens (primary N) is 1. The van der Waals surface area contributed by atoms with Crippen molar-refractivity contribution in [2.45, 2.75) is 65.2 Å². The molecule has 0 unspecified atom stereocenters. The molecule has 1 aliphatic carbocycles. The topological polar surface area (TPSA) is 43.1 Å². The molecule has 0 heterocycles. The lowest BCUT2D eigenvalue weighted by molar-refractivity contribution is -0.119. The van der Waals surface area contributed by atoms with E-state index in [2.05, 4.69) is 13.8 Å². The van der Waals surface area contributed by atoms with Crippen LogP contribution in [0, 0.1) is 17.8 Å². The molecule has 0 saturated heterocycles. The zero-order valence-electron chi connectivity index (χ0n) is 10.9. The van der Waals surface area contributed by atoms with Crippen molar-refractivity contribution < 1.29 is 4.79 Å². The highest BCUT2D eigenvalue weighted by atomic mass is 16.1. The predicted octanol–water partition coefficient (Wildman–Crippen LogP) is 3.49. The third-order valence-corrected chi connectivity index (χ3v) is 3.85. The molecule has 1 amide bonds. The van der Waals surface area contributed by atoms with Gasteiger partial charge < -0.3 is 5.73 Å². The summed E-state index contributed by atoms with van der Waals surface area (Å²) in [6.07, 6.45) is 9.81. The second kappa shape index (κ2) is 6.93. The summed E-state index contributed by atoms with van der Waals surface area (Å²) in [7, 11) is 0. The Morgan fingerprint density at radius 2 is 1.75 bits per heavy atom. The van der Waals surface area contributed by atoms with Gasteiger partial charge in [0.15, 0.2) is 0 Å². The van der Waals surface area contributed by atoms with Gasteiger partial charge in [-0.1, -0.05) is 46.0 Å². The number of rotatable bonds is 6. The average Bonchev–Trinajstić information content (AvgIpc) is 2.19. The Kier molecular flexibility index (Phi) is 5.86. The van der Waals surface area contributed by atoms with Gasteiger partial charge in [0.2, 0.25) is 5.91 Å². The lowest BCUT2D eigenvalue weighted by atomic mass is 9.78. The summed E-state index contributed by atoms with van der Waals surface area (Å²) in [5, 5.41) is 0. The summed E-state index contributed by atoms with van der Waals surface area (Å²) in [6.45, 7) is 4.59. The van der Waals surface area contributed by atoms with Crippen molar-refractivity contribution in [1.82, 2.24) is 0 Å². The highest BCUT2D eigenvalue weighted by Gasteiger charge is 2.21. The molecule has 0 atom stereocenters. The largest absolute Gasteiger partial charge is 0.370 e. The third kappa shape index (κ3) is 5.53. The number of carbonyl (C=O) groups excluding carboxylic acids is 1. The lowest BCUT2D eigenvalue weighted by Gasteiger charge is -2.27. The Balaban J connectivity index is 2.10. The first-order chi connectivity index (χ1) is 7.58. The Morgan fingerprint density at radius 3 is 2.25 bits per heavy atom. The van der Waals surface area contributed by atoms with Gasteiger partial charge in [0.25, 0.3) is 0 Å².